The maximum atomic E-state index is 13.0. The van der Waals surface area contributed by atoms with Crippen LogP contribution in [-0.2, 0) is 19.7 Å². The van der Waals surface area contributed by atoms with E-state index in [0.29, 0.717) is 36.8 Å². The SMILES string of the molecule is Cc1cc(COc2ccccc2)oc1C(=O)N1CCn2nc([C@@H](C)O)cc2C1. The van der Waals surface area contributed by atoms with Crippen LogP contribution in [0.1, 0.15) is 46.3 Å². The number of hydrogen-bond donors (Lipinski definition) is 1. The summed E-state index contributed by atoms with van der Waals surface area (Å²) in [4.78, 5) is 14.7. The van der Waals surface area contributed by atoms with Gasteiger partial charge < -0.3 is 19.2 Å². The highest BCUT2D eigenvalue weighted by Crippen LogP contribution is 2.23. The average Bonchev–Trinajstić information content (AvgIpc) is 3.29. The number of hydrogen-bond acceptors (Lipinski definition) is 5. The highest BCUT2D eigenvalue weighted by Gasteiger charge is 2.27. The summed E-state index contributed by atoms with van der Waals surface area (Å²) < 4.78 is 13.4. The molecule has 0 fully saturated rings. The molecule has 1 atom stereocenters. The molecule has 2 aromatic heterocycles. The Kier molecular flexibility index (Phi) is 4.92. The summed E-state index contributed by atoms with van der Waals surface area (Å²) in [6.45, 7) is 5.39. The zero-order valence-corrected chi connectivity index (χ0v) is 16.0. The van der Waals surface area contributed by atoms with Crippen molar-refractivity contribution in [3.05, 3.63) is 70.9 Å². The first-order valence-electron chi connectivity index (χ1n) is 9.32. The number of aromatic nitrogens is 2. The minimum Gasteiger partial charge on any atom is -0.486 e. The average molecular weight is 381 g/mol. The van der Waals surface area contributed by atoms with Crippen LogP contribution in [0, 0.1) is 6.92 Å². The second-order valence-corrected chi connectivity index (χ2v) is 7.01. The van der Waals surface area contributed by atoms with Crippen molar-refractivity contribution in [1.29, 1.82) is 0 Å². The number of amides is 1. The van der Waals surface area contributed by atoms with Crippen LogP contribution in [0.15, 0.2) is 46.9 Å². The van der Waals surface area contributed by atoms with Gasteiger partial charge in [-0.05, 0) is 38.1 Å². The third-order valence-electron chi connectivity index (χ3n) is 4.82. The van der Waals surface area contributed by atoms with Crippen LogP contribution in [0.3, 0.4) is 0 Å². The van der Waals surface area contributed by atoms with Crippen LogP contribution in [0.4, 0.5) is 0 Å². The first kappa shape index (κ1) is 18.3. The minimum absolute atomic E-state index is 0.144. The van der Waals surface area contributed by atoms with E-state index in [1.54, 1.807) is 11.8 Å². The smallest absolute Gasteiger partial charge is 0.290 e. The second-order valence-electron chi connectivity index (χ2n) is 7.01. The molecule has 3 heterocycles. The molecule has 0 bridgehead atoms. The van der Waals surface area contributed by atoms with E-state index in [2.05, 4.69) is 5.10 Å². The molecule has 146 valence electrons. The maximum absolute atomic E-state index is 13.0. The van der Waals surface area contributed by atoms with E-state index in [9.17, 15) is 9.90 Å². The highest BCUT2D eigenvalue weighted by molar-refractivity contribution is 5.93. The van der Waals surface area contributed by atoms with Gasteiger partial charge in [0, 0.05) is 12.1 Å². The molecule has 1 aromatic carbocycles. The number of aryl methyl sites for hydroxylation is 1. The molecule has 7 heteroatoms. The van der Waals surface area contributed by atoms with Gasteiger partial charge in [-0.1, -0.05) is 18.2 Å². The van der Waals surface area contributed by atoms with Gasteiger partial charge in [-0.25, -0.2) is 0 Å². The van der Waals surface area contributed by atoms with Gasteiger partial charge in [0.1, 0.15) is 18.1 Å². The largest absolute Gasteiger partial charge is 0.486 e. The van der Waals surface area contributed by atoms with E-state index >= 15 is 0 Å². The van der Waals surface area contributed by atoms with E-state index in [4.69, 9.17) is 9.15 Å². The molecule has 1 N–H and O–H groups in total. The Morgan fingerprint density at radius 3 is 2.82 bits per heavy atom. The van der Waals surface area contributed by atoms with Crippen LogP contribution in [-0.4, -0.2) is 32.2 Å². The Morgan fingerprint density at radius 1 is 1.29 bits per heavy atom. The summed E-state index contributed by atoms with van der Waals surface area (Å²) in [7, 11) is 0. The van der Waals surface area contributed by atoms with Crippen molar-refractivity contribution in [2.24, 2.45) is 0 Å². The van der Waals surface area contributed by atoms with Crippen LogP contribution in [0.25, 0.3) is 0 Å². The van der Waals surface area contributed by atoms with Crippen molar-refractivity contribution < 1.29 is 19.1 Å². The molecular formula is C21H23N3O4. The van der Waals surface area contributed by atoms with Crippen LogP contribution >= 0.6 is 0 Å². The normalized spacial score (nSPS) is 14.6. The molecule has 1 amide bonds. The van der Waals surface area contributed by atoms with Crippen molar-refractivity contribution in [1.82, 2.24) is 14.7 Å². The van der Waals surface area contributed by atoms with Gasteiger partial charge in [-0.3, -0.25) is 9.48 Å². The third-order valence-corrected chi connectivity index (χ3v) is 4.82. The molecule has 1 aliphatic rings. The molecule has 0 aliphatic carbocycles. The number of para-hydroxylation sites is 1. The fourth-order valence-electron chi connectivity index (χ4n) is 3.31. The van der Waals surface area contributed by atoms with Gasteiger partial charge in [0.2, 0.25) is 0 Å². The van der Waals surface area contributed by atoms with Crippen molar-refractivity contribution >= 4 is 5.91 Å². The first-order valence-corrected chi connectivity index (χ1v) is 9.32. The number of ether oxygens (including phenoxy) is 1. The number of aliphatic hydroxyl groups is 1. The van der Waals surface area contributed by atoms with Gasteiger partial charge in [-0.15, -0.1) is 0 Å². The van der Waals surface area contributed by atoms with E-state index in [1.165, 1.54) is 0 Å². The van der Waals surface area contributed by atoms with Gasteiger partial charge in [0.25, 0.3) is 5.91 Å². The number of benzene rings is 1. The predicted molar refractivity (Wildman–Crippen MR) is 102 cm³/mol. The lowest BCUT2D eigenvalue weighted by molar-refractivity contribution is 0.0668. The summed E-state index contributed by atoms with van der Waals surface area (Å²) in [6.07, 6.45) is -0.623. The van der Waals surface area contributed by atoms with Gasteiger partial charge in [-0.2, -0.15) is 5.10 Å². The summed E-state index contributed by atoms with van der Waals surface area (Å²) in [5, 5.41) is 14.1. The van der Waals surface area contributed by atoms with Crippen molar-refractivity contribution in [3.63, 3.8) is 0 Å². The zero-order chi connectivity index (χ0) is 19.7. The Bertz CT molecular complexity index is 975. The topological polar surface area (TPSA) is 80.7 Å². The van der Waals surface area contributed by atoms with E-state index < -0.39 is 6.10 Å². The van der Waals surface area contributed by atoms with Gasteiger partial charge in [0.15, 0.2) is 5.76 Å². The molecule has 0 radical (unpaired) electrons. The van der Waals surface area contributed by atoms with Crippen molar-refractivity contribution in [2.75, 3.05) is 6.54 Å². The second kappa shape index (κ2) is 7.52. The number of rotatable bonds is 5. The molecule has 0 unspecified atom stereocenters. The highest BCUT2D eigenvalue weighted by atomic mass is 16.5. The zero-order valence-electron chi connectivity index (χ0n) is 16.0. The maximum Gasteiger partial charge on any atom is 0.290 e. The molecule has 28 heavy (non-hydrogen) atoms. The Morgan fingerprint density at radius 2 is 2.07 bits per heavy atom. The number of fused-ring (bicyclic) bond motifs is 1. The lowest BCUT2D eigenvalue weighted by Gasteiger charge is -2.27. The van der Waals surface area contributed by atoms with Crippen LogP contribution in [0.2, 0.25) is 0 Å². The van der Waals surface area contributed by atoms with E-state index in [1.807, 2.05) is 54.1 Å². The monoisotopic (exact) mass is 381 g/mol. The Hall–Kier alpha value is -3.06. The van der Waals surface area contributed by atoms with E-state index in [0.717, 1.165) is 17.0 Å². The molecule has 7 nitrogen and oxygen atoms in total. The van der Waals surface area contributed by atoms with E-state index in [-0.39, 0.29) is 12.5 Å². The summed E-state index contributed by atoms with van der Waals surface area (Å²) >= 11 is 0. The minimum atomic E-state index is -0.623. The fourth-order valence-corrected chi connectivity index (χ4v) is 3.31. The lowest BCUT2D eigenvalue weighted by Crippen LogP contribution is -2.38. The quantitative estimate of drug-likeness (QED) is 0.735. The Labute approximate surface area is 163 Å². The number of furan rings is 1. The number of carbonyl (C=O) groups excluding carboxylic acids is 1. The Balaban J connectivity index is 1.45. The molecular weight excluding hydrogens is 358 g/mol. The fraction of sp³-hybridized carbons (Fsp3) is 0.333. The lowest BCUT2D eigenvalue weighted by atomic mass is 10.2. The molecule has 0 spiro atoms. The number of carbonyl (C=O) groups is 1. The molecule has 1 aliphatic heterocycles. The van der Waals surface area contributed by atoms with Crippen molar-refractivity contribution in [2.45, 2.75) is 39.6 Å². The first-order chi connectivity index (χ1) is 13.5. The predicted octanol–water partition coefficient (Wildman–Crippen LogP) is 3.07. The number of aliphatic hydroxyl groups excluding tert-OH is 1. The molecule has 3 aromatic rings. The van der Waals surface area contributed by atoms with Crippen LogP contribution < -0.4 is 4.74 Å². The number of nitrogens with zero attached hydrogens (tertiary/aromatic N) is 3. The molecule has 0 saturated heterocycles. The van der Waals surface area contributed by atoms with Crippen molar-refractivity contribution in [3.8, 4) is 5.75 Å². The summed E-state index contributed by atoms with van der Waals surface area (Å²) in [6, 6.07) is 13.2. The van der Waals surface area contributed by atoms with Gasteiger partial charge in [0.05, 0.1) is 30.6 Å². The third kappa shape index (κ3) is 3.66. The molecule has 0 saturated carbocycles. The van der Waals surface area contributed by atoms with Crippen LogP contribution in [0.5, 0.6) is 5.75 Å². The summed E-state index contributed by atoms with van der Waals surface area (Å²) in [5.41, 5.74) is 2.33. The molecule has 4 rings (SSSR count). The standard InChI is InChI=1S/C21H23N3O4/c1-14-10-18(13-27-17-6-4-3-5-7-17)28-20(14)21(26)23-8-9-24-16(12-23)11-19(22-24)15(2)25/h3-7,10-11,15,25H,8-9,12-13H2,1-2H3/t15-/m1/s1. The summed E-state index contributed by atoms with van der Waals surface area (Å²) in [5.74, 6) is 1.57. The van der Waals surface area contributed by atoms with Gasteiger partial charge >= 0.3 is 0 Å².